The van der Waals surface area contributed by atoms with Gasteiger partial charge in [0.2, 0.25) is 11.8 Å². The van der Waals surface area contributed by atoms with Gasteiger partial charge in [0.05, 0.1) is 29.7 Å². The second kappa shape index (κ2) is 10.1. The van der Waals surface area contributed by atoms with Crippen LogP contribution in [0, 0.1) is 17.8 Å². The number of anilines is 2. The van der Waals surface area contributed by atoms with E-state index in [4.69, 9.17) is 9.47 Å². The van der Waals surface area contributed by atoms with Gasteiger partial charge in [0, 0.05) is 5.69 Å². The van der Waals surface area contributed by atoms with Crippen molar-refractivity contribution in [2.45, 2.75) is 33.1 Å². The summed E-state index contributed by atoms with van der Waals surface area (Å²) in [6.07, 6.45) is 2.34. The number of carbonyl (C=O) groups excluding carboxylic acids is 4. The lowest BCUT2D eigenvalue weighted by atomic mass is 9.76. The molecule has 0 unspecified atom stereocenters. The number of ether oxygens (including phenoxy) is 2. The van der Waals surface area contributed by atoms with Crippen LogP contribution in [0.2, 0.25) is 0 Å². The average Bonchev–Trinajstić information content (AvgIpc) is 3.08. The lowest BCUT2D eigenvalue weighted by molar-refractivity contribution is -0.122. The monoisotopic (exact) mass is 464 g/mol. The minimum Gasteiger partial charge on any atom is -0.494 e. The summed E-state index contributed by atoms with van der Waals surface area (Å²) >= 11 is 0. The molecule has 1 aliphatic heterocycles. The van der Waals surface area contributed by atoms with Crippen LogP contribution in [0.15, 0.2) is 48.5 Å². The van der Waals surface area contributed by atoms with Crippen molar-refractivity contribution in [2.75, 3.05) is 23.4 Å². The average molecular weight is 465 g/mol. The highest BCUT2D eigenvalue weighted by Crippen LogP contribution is 2.42. The van der Waals surface area contributed by atoms with Crippen LogP contribution < -0.4 is 15.0 Å². The van der Waals surface area contributed by atoms with Crippen molar-refractivity contribution < 1.29 is 28.7 Å². The summed E-state index contributed by atoms with van der Waals surface area (Å²) in [5.74, 6) is -1.10. The Kier molecular flexibility index (Phi) is 6.95. The fourth-order valence-electron chi connectivity index (χ4n) is 4.63. The molecule has 2 aliphatic rings. The summed E-state index contributed by atoms with van der Waals surface area (Å²) in [5.41, 5.74) is 1.06. The molecule has 178 valence electrons. The zero-order chi connectivity index (χ0) is 24.2. The fraction of sp³-hybridized carbons (Fsp3) is 0.385. The van der Waals surface area contributed by atoms with Gasteiger partial charge >= 0.3 is 5.97 Å². The molecule has 2 fully saturated rings. The van der Waals surface area contributed by atoms with Crippen LogP contribution in [-0.2, 0) is 19.1 Å². The first-order chi connectivity index (χ1) is 16.4. The van der Waals surface area contributed by atoms with Crippen molar-refractivity contribution in [1.82, 2.24) is 0 Å². The molecule has 3 amide bonds. The van der Waals surface area contributed by atoms with Gasteiger partial charge in [-0.15, -0.1) is 0 Å². The topological polar surface area (TPSA) is 102 Å². The van der Waals surface area contributed by atoms with E-state index in [2.05, 4.69) is 12.2 Å². The van der Waals surface area contributed by atoms with Crippen molar-refractivity contribution in [3.05, 3.63) is 54.1 Å². The second-order valence-electron chi connectivity index (χ2n) is 8.78. The molecule has 34 heavy (non-hydrogen) atoms. The van der Waals surface area contributed by atoms with Crippen LogP contribution in [0.25, 0.3) is 0 Å². The summed E-state index contributed by atoms with van der Waals surface area (Å²) < 4.78 is 10.5. The minimum absolute atomic E-state index is 0.162. The quantitative estimate of drug-likeness (QED) is 0.494. The molecule has 1 saturated heterocycles. The summed E-state index contributed by atoms with van der Waals surface area (Å²) in [5, 5.41) is 2.65. The lowest BCUT2D eigenvalue weighted by Gasteiger charge is -2.25. The van der Waals surface area contributed by atoms with E-state index in [0.29, 0.717) is 42.5 Å². The highest BCUT2D eigenvalue weighted by Gasteiger charge is 2.50. The van der Waals surface area contributed by atoms with Crippen LogP contribution in [0.1, 0.15) is 43.5 Å². The number of hydrogen-bond acceptors (Lipinski definition) is 6. The summed E-state index contributed by atoms with van der Waals surface area (Å²) in [4.78, 5) is 51.8. The molecule has 2 aromatic carbocycles. The molecule has 0 bridgehead atoms. The number of nitrogens with zero attached hydrogens (tertiary/aromatic N) is 1. The Bertz CT molecular complexity index is 1100. The van der Waals surface area contributed by atoms with Gasteiger partial charge in [-0.1, -0.05) is 13.0 Å². The normalized spacial score (nSPS) is 21.7. The molecule has 2 aromatic rings. The predicted octanol–water partition coefficient (Wildman–Crippen LogP) is 3.81. The van der Waals surface area contributed by atoms with Crippen molar-refractivity contribution in [3.63, 3.8) is 0 Å². The van der Waals surface area contributed by atoms with E-state index < -0.39 is 18.5 Å². The summed E-state index contributed by atoms with van der Waals surface area (Å²) in [6, 6.07) is 13.1. The van der Waals surface area contributed by atoms with Crippen LogP contribution >= 0.6 is 0 Å². The maximum Gasteiger partial charge on any atom is 0.338 e. The number of hydrogen-bond donors (Lipinski definition) is 1. The predicted molar refractivity (Wildman–Crippen MR) is 125 cm³/mol. The zero-order valence-corrected chi connectivity index (χ0v) is 19.3. The Morgan fingerprint density at radius 2 is 1.76 bits per heavy atom. The van der Waals surface area contributed by atoms with Crippen molar-refractivity contribution in [1.29, 1.82) is 0 Å². The molecule has 1 N–H and O–H groups in total. The van der Waals surface area contributed by atoms with Gasteiger partial charge in [-0.2, -0.15) is 0 Å². The Morgan fingerprint density at radius 3 is 2.50 bits per heavy atom. The molecule has 4 rings (SSSR count). The first-order valence-corrected chi connectivity index (χ1v) is 11.5. The second-order valence-corrected chi connectivity index (χ2v) is 8.78. The van der Waals surface area contributed by atoms with E-state index in [-0.39, 0.29) is 29.2 Å². The number of benzene rings is 2. The molecule has 0 aromatic heterocycles. The number of amides is 3. The van der Waals surface area contributed by atoms with Crippen LogP contribution in [0.4, 0.5) is 11.4 Å². The highest BCUT2D eigenvalue weighted by molar-refractivity contribution is 6.22. The molecule has 8 nitrogen and oxygen atoms in total. The van der Waals surface area contributed by atoms with Gasteiger partial charge in [-0.05, 0) is 74.6 Å². The van der Waals surface area contributed by atoms with E-state index in [1.807, 2.05) is 6.92 Å². The van der Waals surface area contributed by atoms with Crippen LogP contribution in [-0.4, -0.2) is 36.9 Å². The van der Waals surface area contributed by atoms with Crippen molar-refractivity contribution in [3.8, 4) is 5.75 Å². The molecule has 0 radical (unpaired) electrons. The third-order valence-electron chi connectivity index (χ3n) is 6.31. The highest BCUT2D eigenvalue weighted by atomic mass is 16.5. The van der Waals surface area contributed by atoms with Crippen LogP contribution in [0.5, 0.6) is 5.75 Å². The summed E-state index contributed by atoms with van der Waals surface area (Å²) in [7, 11) is 0. The molecule has 1 heterocycles. The Balaban J connectivity index is 1.37. The van der Waals surface area contributed by atoms with Crippen molar-refractivity contribution >= 4 is 35.1 Å². The third kappa shape index (κ3) is 4.95. The molecule has 3 atom stereocenters. The first-order valence-electron chi connectivity index (χ1n) is 11.5. The van der Waals surface area contributed by atoms with E-state index in [9.17, 15) is 19.2 Å². The number of imide groups is 1. The van der Waals surface area contributed by atoms with E-state index in [1.165, 1.54) is 17.0 Å². The lowest BCUT2D eigenvalue weighted by Crippen LogP contribution is -2.31. The first kappa shape index (κ1) is 23.5. The molecule has 1 aliphatic carbocycles. The van der Waals surface area contributed by atoms with E-state index in [1.54, 1.807) is 36.4 Å². The van der Waals surface area contributed by atoms with Gasteiger partial charge in [0.1, 0.15) is 5.75 Å². The van der Waals surface area contributed by atoms with Gasteiger partial charge in [0.25, 0.3) is 5.91 Å². The number of fused-ring (bicyclic) bond motifs is 1. The Labute approximate surface area is 198 Å². The number of rotatable bonds is 7. The van der Waals surface area contributed by atoms with Crippen LogP contribution in [0.3, 0.4) is 0 Å². The van der Waals surface area contributed by atoms with Crippen molar-refractivity contribution in [2.24, 2.45) is 17.8 Å². The third-order valence-corrected chi connectivity index (χ3v) is 6.31. The molecular formula is C26H28N2O6. The number of nitrogens with one attached hydrogen (secondary N) is 1. The van der Waals surface area contributed by atoms with E-state index >= 15 is 0 Å². The molecular weight excluding hydrogens is 436 g/mol. The molecule has 0 spiro atoms. The minimum atomic E-state index is -0.714. The van der Waals surface area contributed by atoms with Gasteiger partial charge in [0.15, 0.2) is 6.61 Å². The standard InChI is InChI=1S/C26H28N2O6/c1-3-33-20-10-8-18(9-11-20)27-23(29)15-34-26(32)17-5-4-6-19(14-17)28-24(30)21-12-7-16(2)13-22(21)25(28)31/h4-6,8-11,14,16,21-22H,3,7,12-13,15H2,1-2H3,(H,27,29)/t16-,21-,22-/m1/s1. The fourth-order valence-corrected chi connectivity index (χ4v) is 4.63. The maximum atomic E-state index is 13.0. The summed E-state index contributed by atoms with van der Waals surface area (Å²) in [6.45, 7) is 4.05. The van der Waals surface area contributed by atoms with Gasteiger partial charge < -0.3 is 14.8 Å². The Hall–Kier alpha value is -3.68. The molecule has 8 heteroatoms. The maximum absolute atomic E-state index is 13.0. The smallest absolute Gasteiger partial charge is 0.338 e. The van der Waals surface area contributed by atoms with Gasteiger partial charge in [-0.25, -0.2) is 4.79 Å². The number of esters is 1. The van der Waals surface area contributed by atoms with Gasteiger partial charge in [-0.3, -0.25) is 19.3 Å². The largest absolute Gasteiger partial charge is 0.494 e. The zero-order valence-electron chi connectivity index (χ0n) is 19.3. The Morgan fingerprint density at radius 1 is 1.03 bits per heavy atom. The SMILES string of the molecule is CCOc1ccc(NC(=O)COC(=O)c2cccc(N3C(=O)[C@@H]4CC[C@@H](C)C[C@H]4C3=O)c2)cc1. The van der Waals surface area contributed by atoms with E-state index in [0.717, 1.165) is 6.42 Å². The number of carbonyl (C=O) groups is 4. The molecule has 1 saturated carbocycles.